The quantitative estimate of drug-likeness (QED) is 0.918. The maximum Gasteiger partial charge on any atom is 0.337 e. The Kier molecular flexibility index (Phi) is 3.46. The molecule has 1 N–H and O–H groups in total. The van der Waals surface area contributed by atoms with Crippen LogP contribution in [0.4, 0.5) is 0 Å². The smallest absolute Gasteiger partial charge is 0.337 e. The molecule has 0 saturated heterocycles. The molecule has 0 aliphatic heterocycles. The molecule has 5 nitrogen and oxygen atoms in total. The molecular weight excluding hydrogens is 246 g/mol. The van der Waals surface area contributed by atoms with Gasteiger partial charge >= 0.3 is 5.97 Å². The van der Waals surface area contributed by atoms with Crippen LogP contribution < -0.4 is 9.47 Å². The van der Waals surface area contributed by atoms with Gasteiger partial charge in [0.05, 0.1) is 25.5 Å². The number of aromatic nitrogens is 1. The molecule has 0 radical (unpaired) electrons. The van der Waals surface area contributed by atoms with E-state index in [1.807, 2.05) is 6.07 Å². The molecule has 0 saturated carbocycles. The zero-order chi connectivity index (χ0) is 14.0. The SMILES string of the molecule is COc1ccc(-n2ccc(C(=O)O)c2C)c(OC)c1. The van der Waals surface area contributed by atoms with E-state index >= 15 is 0 Å². The average Bonchev–Trinajstić information content (AvgIpc) is 2.79. The number of nitrogens with zero attached hydrogens (tertiary/aromatic N) is 1. The van der Waals surface area contributed by atoms with Gasteiger partial charge in [0.2, 0.25) is 0 Å². The van der Waals surface area contributed by atoms with Crippen LogP contribution in [0.3, 0.4) is 0 Å². The molecule has 0 aliphatic rings. The minimum absolute atomic E-state index is 0.276. The van der Waals surface area contributed by atoms with Gasteiger partial charge in [0.15, 0.2) is 0 Å². The molecule has 0 bridgehead atoms. The molecule has 1 aromatic carbocycles. The van der Waals surface area contributed by atoms with Gasteiger partial charge in [0, 0.05) is 18.0 Å². The highest BCUT2D eigenvalue weighted by atomic mass is 16.5. The molecule has 1 heterocycles. The number of hydrogen-bond acceptors (Lipinski definition) is 3. The largest absolute Gasteiger partial charge is 0.497 e. The third-order valence-electron chi connectivity index (χ3n) is 3.02. The van der Waals surface area contributed by atoms with Crippen LogP contribution >= 0.6 is 0 Å². The van der Waals surface area contributed by atoms with Crippen molar-refractivity contribution in [1.29, 1.82) is 0 Å². The lowest BCUT2D eigenvalue weighted by Crippen LogP contribution is -2.03. The van der Waals surface area contributed by atoms with Crippen LogP contribution in [-0.4, -0.2) is 29.9 Å². The van der Waals surface area contributed by atoms with Crippen molar-refractivity contribution in [2.24, 2.45) is 0 Å². The number of carbonyl (C=O) groups is 1. The van der Waals surface area contributed by atoms with Gasteiger partial charge < -0.3 is 19.1 Å². The van der Waals surface area contributed by atoms with Gasteiger partial charge in [-0.05, 0) is 25.1 Å². The Morgan fingerprint density at radius 3 is 2.47 bits per heavy atom. The summed E-state index contributed by atoms with van der Waals surface area (Å²) < 4.78 is 12.2. The van der Waals surface area contributed by atoms with Crippen LogP contribution in [0.25, 0.3) is 5.69 Å². The monoisotopic (exact) mass is 261 g/mol. The Balaban J connectivity index is 2.55. The minimum Gasteiger partial charge on any atom is -0.497 e. The van der Waals surface area contributed by atoms with Crippen LogP contribution in [0.2, 0.25) is 0 Å². The van der Waals surface area contributed by atoms with Crippen molar-refractivity contribution in [3.05, 3.63) is 41.7 Å². The lowest BCUT2D eigenvalue weighted by atomic mass is 10.2. The second kappa shape index (κ2) is 5.06. The van der Waals surface area contributed by atoms with Crippen LogP contribution in [0.1, 0.15) is 16.1 Å². The average molecular weight is 261 g/mol. The van der Waals surface area contributed by atoms with Crippen molar-refractivity contribution >= 4 is 5.97 Å². The number of aromatic carboxylic acids is 1. The molecule has 0 aliphatic carbocycles. The lowest BCUT2D eigenvalue weighted by Gasteiger charge is -2.13. The van der Waals surface area contributed by atoms with E-state index in [2.05, 4.69) is 0 Å². The fraction of sp³-hybridized carbons (Fsp3) is 0.214. The number of ether oxygens (including phenoxy) is 2. The molecular formula is C14H15NO4. The Hall–Kier alpha value is -2.43. The first-order valence-corrected chi connectivity index (χ1v) is 5.72. The summed E-state index contributed by atoms with van der Waals surface area (Å²) in [7, 11) is 3.15. The number of methoxy groups -OCH3 is 2. The third-order valence-corrected chi connectivity index (χ3v) is 3.02. The van der Waals surface area contributed by atoms with Gasteiger partial charge in [-0.25, -0.2) is 4.79 Å². The van der Waals surface area contributed by atoms with Gasteiger partial charge in [0.25, 0.3) is 0 Å². The molecule has 0 atom stereocenters. The Bertz CT molecular complexity index is 616. The maximum absolute atomic E-state index is 11.1. The summed E-state index contributed by atoms with van der Waals surface area (Å²) in [6, 6.07) is 6.96. The van der Waals surface area contributed by atoms with Crippen LogP contribution in [0.15, 0.2) is 30.5 Å². The van der Waals surface area contributed by atoms with E-state index in [1.54, 1.807) is 50.1 Å². The van der Waals surface area contributed by atoms with Crippen molar-refractivity contribution in [2.45, 2.75) is 6.92 Å². The highest BCUT2D eigenvalue weighted by Gasteiger charge is 2.15. The van der Waals surface area contributed by atoms with Crippen molar-refractivity contribution in [3.63, 3.8) is 0 Å². The first kappa shape index (κ1) is 13.0. The van der Waals surface area contributed by atoms with E-state index in [4.69, 9.17) is 14.6 Å². The molecule has 1 aromatic heterocycles. The first-order valence-electron chi connectivity index (χ1n) is 5.72. The van der Waals surface area contributed by atoms with Gasteiger partial charge in [-0.3, -0.25) is 0 Å². The molecule has 2 rings (SSSR count). The standard InChI is InChI=1S/C14H15NO4/c1-9-11(14(16)17)6-7-15(9)12-5-4-10(18-2)8-13(12)19-3/h4-8H,1-3H3,(H,16,17). The molecule has 0 amide bonds. The molecule has 5 heteroatoms. The number of rotatable bonds is 4. The van der Waals surface area contributed by atoms with Crippen molar-refractivity contribution < 1.29 is 19.4 Å². The zero-order valence-electron chi connectivity index (χ0n) is 11.0. The number of benzene rings is 1. The summed E-state index contributed by atoms with van der Waals surface area (Å²) in [5, 5.41) is 9.07. The first-order chi connectivity index (χ1) is 9.08. The van der Waals surface area contributed by atoms with E-state index < -0.39 is 5.97 Å². The summed E-state index contributed by atoms with van der Waals surface area (Å²) >= 11 is 0. The van der Waals surface area contributed by atoms with Crippen LogP contribution in [-0.2, 0) is 0 Å². The second-order valence-corrected chi connectivity index (χ2v) is 4.03. The molecule has 2 aromatic rings. The predicted molar refractivity (Wildman–Crippen MR) is 70.6 cm³/mol. The Labute approximate surface area is 111 Å². The Morgan fingerprint density at radius 1 is 1.21 bits per heavy atom. The van der Waals surface area contributed by atoms with E-state index in [1.165, 1.54) is 0 Å². The van der Waals surface area contributed by atoms with E-state index in [9.17, 15) is 4.79 Å². The van der Waals surface area contributed by atoms with E-state index in [-0.39, 0.29) is 5.56 Å². The third kappa shape index (κ3) is 2.27. The van der Waals surface area contributed by atoms with Crippen LogP contribution in [0.5, 0.6) is 11.5 Å². The molecule has 0 spiro atoms. The van der Waals surface area contributed by atoms with Gasteiger partial charge in [-0.2, -0.15) is 0 Å². The number of hydrogen-bond donors (Lipinski definition) is 1. The van der Waals surface area contributed by atoms with Gasteiger partial charge in [-0.15, -0.1) is 0 Å². The topological polar surface area (TPSA) is 60.7 Å². The highest BCUT2D eigenvalue weighted by molar-refractivity contribution is 5.89. The predicted octanol–water partition coefficient (Wildman–Crippen LogP) is 2.50. The number of carboxylic acids is 1. The summed E-state index contributed by atoms with van der Waals surface area (Å²) in [5.74, 6) is 0.364. The zero-order valence-corrected chi connectivity index (χ0v) is 11.0. The lowest BCUT2D eigenvalue weighted by molar-refractivity contribution is 0.0696. The van der Waals surface area contributed by atoms with Gasteiger partial charge in [-0.1, -0.05) is 0 Å². The number of carboxylic acid groups (broad SMARTS) is 1. The minimum atomic E-state index is -0.941. The van der Waals surface area contributed by atoms with Crippen molar-refractivity contribution in [2.75, 3.05) is 14.2 Å². The molecule has 100 valence electrons. The van der Waals surface area contributed by atoms with Crippen molar-refractivity contribution in [3.8, 4) is 17.2 Å². The summed E-state index contributed by atoms with van der Waals surface area (Å²) in [6.07, 6.45) is 1.71. The normalized spacial score (nSPS) is 10.3. The molecule has 0 fully saturated rings. The summed E-state index contributed by atoms with van der Waals surface area (Å²) in [6.45, 7) is 1.76. The molecule has 19 heavy (non-hydrogen) atoms. The second-order valence-electron chi connectivity index (χ2n) is 4.03. The van der Waals surface area contributed by atoms with Crippen molar-refractivity contribution in [1.82, 2.24) is 4.57 Å². The van der Waals surface area contributed by atoms with Gasteiger partial charge in [0.1, 0.15) is 11.5 Å². The highest BCUT2D eigenvalue weighted by Crippen LogP contribution is 2.29. The summed E-state index contributed by atoms with van der Waals surface area (Å²) in [4.78, 5) is 11.1. The fourth-order valence-electron chi connectivity index (χ4n) is 1.98. The fourth-order valence-corrected chi connectivity index (χ4v) is 1.98. The Morgan fingerprint density at radius 2 is 1.95 bits per heavy atom. The molecule has 0 unspecified atom stereocenters. The summed E-state index contributed by atoms with van der Waals surface area (Å²) in [5.41, 5.74) is 1.70. The maximum atomic E-state index is 11.1. The van der Waals surface area contributed by atoms with Crippen LogP contribution in [0, 0.1) is 6.92 Å². The van der Waals surface area contributed by atoms with E-state index in [0.29, 0.717) is 17.2 Å². The van der Waals surface area contributed by atoms with E-state index in [0.717, 1.165) is 5.69 Å².